The predicted molar refractivity (Wildman–Crippen MR) is 67.3 cm³/mol. The first-order chi connectivity index (χ1) is 8.35. The van der Waals surface area contributed by atoms with Gasteiger partial charge in [-0.2, -0.15) is 0 Å². The summed E-state index contributed by atoms with van der Waals surface area (Å²) in [6.07, 6.45) is 0. The summed E-state index contributed by atoms with van der Waals surface area (Å²) in [6.45, 7) is 5.73. The van der Waals surface area contributed by atoms with Gasteiger partial charge >= 0.3 is 0 Å². The van der Waals surface area contributed by atoms with Crippen LogP contribution >= 0.6 is 0 Å². The van der Waals surface area contributed by atoms with Crippen molar-refractivity contribution in [3.8, 4) is 0 Å². The molecule has 100 valence electrons. The molecule has 2 heterocycles. The van der Waals surface area contributed by atoms with Gasteiger partial charge in [-0.05, 0) is 19.9 Å². The predicted octanol–water partition coefficient (Wildman–Crippen LogP) is 1.16. The zero-order valence-electron chi connectivity index (χ0n) is 10.8. The SMILES string of the molecule is CCS(=O)(=O)C1CN(C(=O)c2cc(C)oc2C)C1. The fourth-order valence-electron chi connectivity index (χ4n) is 2.08. The number of carbonyl (C=O) groups is 1. The van der Waals surface area contributed by atoms with Crippen LogP contribution in [0.15, 0.2) is 10.5 Å². The summed E-state index contributed by atoms with van der Waals surface area (Å²) >= 11 is 0. The molecule has 0 aliphatic carbocycles. The summed E-state index contributed by atoms with van der Waals surface area (Å²) in [5.74, 6) is 1.25. The first-order valence-electron chi connectivity index (χ1n) is 5.93. The molecule has 1 amide bonds. The van der Waals surface area contributed by atoms with Gasteiger partial charge in [0.1, 0.15) is 11.5 Å². The summed E-state index contributed by atoms with van der Waals surface area (Å²) in [5, 5.41) is -0.403. The van der Waals surface area contributed by atoms with Gasteiger partial charge in [0.15, 0.2) is 9.84 Å². The number of nitrogens with zero attached hydrogens (tertiary/aromatic N) is 1. The van der Waals surface area contributed by atoms with Gasteiger partial charge < -0.3 is 9.32 Å². The van der Waals surface area contributed by atoms with Crippen molar-refractivity contribution < 1.29 is 17.6 Å². The molecule has 0 N–H and O–H groups in total. The number of furan rings is 1. The maximum Gasteiger partial charge on any atom is 0.257 e. The van der Waals surface area contributed by atoms with Gasteiger partial charge in [-0.1, -0.05) is 6.92 Å². The molecule has 1 aromatic rings. The first kappa shape index (κ1) is 13.1. The van der Waals surface area contributed by atoms with Crippen molar-refractivity contribution >= 4 is 15.7 Å². The van der Waals surface area contributed by atoms with Crippen molar-refractivity contribution in [1.29, 1.82) is 0 Å². The molecule has 0 saturated carbocycles. The van der Waals surface area contributed by atoms with Crippen LogP contribution in [0.25, 0.3) is 0 Å². The maximum absolute atomic E-state index is 12.1. The highest BCUT2D eigenvalue weighted by atomic mass is 32.2. The fraction of sp³-hybridized carbons (Fsp3) is 0.583. The number of likely N-dealkylation sites (tertiary alicyclic amines) is 1. The normalized spacial score (nSPS) is 16.7. The number of hydrogen-bond donors (Lipinski definition) is 0. The smallest absolute Gasteiger partial charge is 0.257 e. The third kappa shape index (κ3) is 2.16. The molecule has 0 spiro atoms. The molecule has 0 atom stereocenters. The lowest BCUT2D eigenvalue weighted by Gasteiger charge is -2.38. The molecule has 0 bridgehead atoms. The fourth-order valence-corrected chi connectivity index (χ4v) is 3.37. The van der Waals surface area contributed by atoms with Gasteiger partial charge in [0, 0.05) is 18.8 Å². The molecule has 0 aromatic carbocycles. The molecular formula is C12H17NO4S. The zero-order valence-corrected chi connectivity index (χ0v) is 11.6. The zero-order chi connectivity index (χ0) is 13.5. The van der Waals surface area contributed by atoms with Crippen LogP contribution in [0.3, 0.4) is 0 Å². The molecule has 1 aliphatic rings. The molecule has 0 radical (unpaired) electrons. The summed E-state index contributed by atoms with van der Waals surface area (Å²) in [7, 11) is -3.03. The van der Waals surface area contributed by atoms with E-state index >= 15 is 0 Å². The summed E-state index contributed by atoms with van der Waals surface area (Å²) in [4.78, 5) is 13.6. The van der Waals surface area contributed by atoms with Gasteiger partial charge in [0.2, 0.25) is 0 Å². The lowest BCUT2D eigenvalue weighted by atomic mass is 10.1. The van der Waals surface area contributed by atoms with E-state index in [0.717, 1.165) is 0 Å². The Morgan fingerprint density at radius 3 is 2.50 bits per heavy atom. The largest absolute Gasteiger partial charge is 0.466 e. The van der Waals surface area contributed by atoms with Gasteiger partial charge in [-0.25, -0.2) is 8.42 Å². The number of carbonyl (C=O) groups excluding carboxylic acids is 1. The van der Waals surface area contributed by atoms with Gasteiger partial charge in [0.05, 0.1) is 10.8 Å². The van der Waals surface area contributed by atoms with Crippen LogP contribution in [-0.2, 0) is 9.84 Å². The number of rotatable bonds is 3. The highest BCUT2D eigenvalue weighted by Crippen LogP contribution is 2.22. The number of hydrogen-bond acceptors (Lipinski definition) is 4. The Balaban J connectivity index is 2.05. The Morgan fingerprint density at radius 2 is 2.06 bits per heavy atom. The lowest BCUT2D eigenvalue weighted by molar-refractivity contribution is 0.0657. The Hall–Kier alpha value is -1.30. The van der Waals surface area contributed by atoms with Crippen LogP contribution in [0, 0.1) is 13.8 Å². The minimum absolute atomic E-state index is 0.129. The summed E-state index contributed by atoms with van der Waals surface area (Å²) < 4.78 is 28.5. The van der Waals surface area contributed by atoms with Crippen molar-refractivity contribution in [2.75, 3.05) is 18.8 Å². The van der Waals surface area contributed by atoms with Crippen LogP contribution < -0.4 is 0 Å². The van der Waals surface area contributed by atoms with E-state index in [2.05, 4.69) is 0 Å². The third-order valence-corrected chi connectivity index (χ3v) is 5.44. The van der Waals surface area contributed by atoms with Crippen LogP contribution in [0.4, 0.5) is 0 Å². The molecule has 18 heavy (non-hydrogen) atoms. The first-order valence-corrected chi connectivity index (χ1v) is 7.64. The molecular weight excluding hydrogens is 254 g/mol. The number of sulfone groups is 1. The van der Waals surface area contributed by atoms with Crippen LogP contribution in [0.2, 0.25) is 0 Å². The van der Waals surface area contributed by atoms with Gasteiger partial charge in [-0.15, -0.1) is 0 Å². The standard InChI is InChI=1S/C12H17NO4S/c1-4-18(15,16)10-6-13(7-10)12(14)11-5-8(2)17-9(11)3/h5,10H,4,6-7H2,1-3H3. The molecule has 2 rings (SSSR count). The molecule has 1 aromatic heterocycles. The van der Waals surface area contributed by atoms with Crippen LogP contribution in [0.1, 0.15) is 28.8 Å². The maximum atomic E-state index is 12.1. The van der Waals surface area contributed by atoms with Crippen molar-refractivity contribution in [3.63, 3.8) is 0 Å². The average Bonchev–Trinajstić information content (AvgIpc) is 2.55. The minimum Gasteiger partial charge on any atom is -0.466 e. The Morgan fingerprint density at radius 1 is 1.44 bits per heavy atom. The second kappa shape index (κ2) is 4.42. The molecule has 1 aliphatic heterocycles. The second-order valence-electron chi connectivity index (χ2n) is 4.61. The van der Waals surface area contributed by atoms with Crippen molar-refractivity contribution in [3.05, 3.63) is 23.2 Å². The van der Waals surface area contributed by atoms with E-state index in [1.807, 2.05) is 0 Å². The summed E-state index contributed by atoms with van der Waals surface area (Å²) in [5.41, 5.74) is 0.528. The molecule has 5 nitrogen and oxygen atoms in total. The number of amides is 1. The highest BCUT2D eigenvalue weighted by Gasteiger charge is 2.39. The Labute approximate surface area is 107 Å². The quantitative estimate of drug-likeness (QED) is 0.827. The van der Waals surface area contributed by atoms with E-state index in [9.17, 15) is 13.2 Å². The Kier molecular flexibility index (Phi) is 3.23. The second-order valence-corrected chi connectivity index (χ2v) is 7.18. The van der Waals surface area contributed by atoms with E-state index in [0.29, 0.717) is 30.2 Å². The third-order valence-electron chi connectivity index (χ3n) is 3.32. The van der Waals surface area contributed by atoms with Crippen molar-refractivity contribution in [2.45, 2.75) is 26.0 Å². The van der Waals surface area contributed by atoms with Crippen LogP contribution in [0.5, 0.6) is 0 Å². The monoisotopic (exact) mass is 271 g/mol. The van der Waals surface area contributed by atoms with Crippen molar-refractivity contribution in [1.82, 2.24) is 4.90 Å². The molecule has 6 heteroatoms. The minimum atomic E-state index is -3.03. The Bertz CT molecular complexity index is 567. The van der Waals surface area contributed by atoms with Gasteiger partial charge in [0.25, 0.3) is 5.91 Å². The van der Waals surface area contributed by atoms with E-state index in [-0.39, 0.29) is 11.7 Å². The number of aryl methyl sites for hydroxylation is 2. The van der Waals surface area contributed by atoms with Crippen molar-refractivity contribution in [2.24, 2.45) is 0 Å². The summed E-state index contributed by atoms with van der Waals surface area (Å²) in [6, 6.07) is 1.69. The highest BCUT2D eigenvalue weighted by molar-refractivity contribution is 7.92. The van der Waals surface area contributed by atoms with Gasteiger partial charge in [-0.3, -0.25) is 4.79 Å². The topological polar surface area (TPSA) is 67.6 Å². The van der Waals surface area contributed by atoms with E-state index in [1.54, 1.807) is 31.7 Å². The van der Waals surface area contributed by atoms with E-state index < -0.39 is 15.1 Å². The molecule has 0 unspecified atom stereocenters. The molecule has 1 saturated heterocycles. The molecule has 1 fully saturated rings. The lowest BCUT2D eigenvalue weighted by Crippen LogP contribution is -2.57. The van der Waals surface area contributed by atoms with Crippen LogP contribution in [-0.4, -0.2) is 43.3 Å². The van der Waals surface area contributed by atoms with E-state index in [4.69, 9.17) is 4.42 Å². The average molecular weight is 271 g/mol. The van der Waals surface area contributed by atoms with E-state index in [1.165, 1.54) is 0 Å².